The topological polar surface area (TPSA) is 104 Å². The summed E-state index contributed by atoms with van der Waals surface area (Å²) in [4.78, 5) is 38.3. The maximum atomic E-state index is 13.0. The predicted molar refractivity (Wildman–Crippen MR) is 124 cm³/mol. The van der Waals surface area contributed by atoms with Crippen LogP contribution in [-0.4, -0.2) is 55.0 Å². The Hall–Kier alpha value is -2.75. The average molecular weight is 490 g/mol. The Kier molecular flexibility index (Phi) is 6.83. The Labute approximate surface area is 197 Å². The molecular weight excluding hydrogens is 466 g/mol. The number of anilines is 1. The van der Waals surface area contributed by atoms with Crippen LogP contribution in [0.25, 0.3) is 0 Å². The lowest BCUT2D eigenvalue weighted by Crippen LogP contribution is -2.35. The summed E-state index contributed by atoms with van der Waals surface area (Å²) in [5.74, 6) is -1.07. The summed E-state index contributed by atoms with van der Waals surface area (Å²) >= 11 is 6.17. The summed E-state index contributed by atoms with van der Waals surface area (Å²) in [7, 11) is -3.75. The standard InChI is InChI=1S/C23H24ClN3O5S/c24-19-11-10-16(15-20(19)33(31,32)26-12-4-1-5-13-26)25-21(28)9-6-14-27-22(29)17-7-2-3-8-18(17)23(27)30/h2-3,7-8,10-11,15H,1,4-6,9,12-14H2,(H,25,28). The van der Waals surface area contributed by atoms with Gasteiger partial charge in [-0.05, 0) is 49.6 Å². The van der Waals surface area contributed by atoms with Crippen LogP contribution >= 0.6 is 11.6 Å². The van der Waals surface area contributed by atoms with E-state index < -0.39 is 10.0 Å². The maximum Gasteiger partial charge on any atom is 0.261 e. The van der Waals surface area contributed by atoms with Crippen LogP contribution in [0.2, 0.25) is 5.02 Å². The average Bonchev–Trinajstić information content (AvgIpc) is 3.06. The van der Waals surface area contributed by atoms with Gasteiger partial charge >= 0.3 is 0 Å². The fraction of sp³-hybridized carbons (Fsp3) is 0.348. The number of hydrogen-bond acceptors (Lipinski definition) is 5. The highest BCUT2D eigenvalue weighted by Crippen LogP contribution is 2.29. The number of amides is 3. The van der Waals surface area contributed by atoms with Gasteiger partial charge in [-0.2, -0.15) is 4.31 Å². The van der Waals surface area contributed by atoms with E-state index in [0.29, 0.717) is 29.9 Å². The number of halogens is 1. The van der Waals surface area contributed by atoms with Crippen LogP contribution in [0, 0.1) is 0 Å². The summed E-state index contributed by atoms with van der Waals surface area (Å²) in [6, 6.07) is 11.0. The first-order valence-electron chi connectivity index (χ1n) is 10.8. The molecule has 2 aliphatic rings. The van der Waals surface area contributed by atoms with Crippen molar-refractivity contribution in [2.45, 2.75) is 37.0 Å². The van der Waals surface area contributed by atoms with Gasteiger partial charge in [0, 0.05) is 31.7 Å². The van der Waals surface area contributed by atoms with Gasteiger partial charge in [-0.15, -0.1) is 0 Å². The highest BCUT2D eigenvalue weighted by molar-refractivity contribution is 7.89. The molecule has 3 amide bonds. The third-order valence-electron chi connectivity index (χ3n) is 5.81. The van der Waals surface area contributed by atoms with Crippen molar-refractivity contribution in [2.75, 3.05) is 25.0 Å². The van der Waals surface area contributed by atoms with Crippen molar-refractivity contribution < 1.29 is 22.8 Å². The zero-order chi connectivity index (χ0) is 23.6. The molecule has 2 aromatic carbocycles. The van der Waals surface area contributed by atoms with Crippen molar-refractivity contribution in [3.63, 3.8) is 0 Å². The van der Waals surface area contributed by atoms with E-state index >= 15 is 0 Å². The number of carbonyl (C=O) groups excluding carboxylic acids is 3. The number of nitrogens with zero attached hydrogens (tertiary/aromatic N) is 2. The van der Waals surface area contributed by atoms with Gasteiger partial charge in [0.15, 0.2) is 0 Å². The van der Waals surface area contributed by atoms with Crippen LogP contribution in [0.3, 0.4) is 0 Å². The Morgan fingerprint density at radius 2 is 1.61 bits per heavy atom. The molecule has 174 valence electrons. The van der Waals surface area contributed by atoms with E-state index in [0.717, 1.165) is 24.2 Å². The smallest absolute Gasteiger partial charge is 0.261 e. The van der Waals surface area contributed by atoms with E-state index in [1.165, 1.54) is 16.4 Å². The molecule has 4 rings (SSSR count). The number of carbonyl (C=O) groups is 3. The second-order valence-electron chi connectivity index (χ2n) is 8.07. The number of hydrogen-bond donors (Lipinski definition) is 1. The van der Waals surface area contributed by atoms with Gasteiger partial charge in [-0.25, -0.2) is 8.42 Å². The van der Waals surface area contributed by atoms with Crippen LogP contribution in [0.5, 0.6) is 0 Å². The molecule has 33 heavy (non-hydrogen) atoms. The summed E-state index contributed by atoms with van der Waals surface area (Å²) in [6.07, 6.45) is 2.95. The highest BCUT2D eigenvalue weighted by Gasteiger charge is 2.34. The minimum atomic E-state index is -3.75. The molecule has 0 saturated carbocycles. The second kappa shape index (κ2) is 9.62. The first-order chi connectivity index (χ1) is 15.8. The Morgan fingerprint density at radius 3 is 2.24 bits per heavy atom. The fourth-order valence-electron chi connectivity index (χ4n) is 4.09. The van der Waals surface area contributed by atoms with Gasteiger partial charge in [0.2, 0.25) is 15.9 Å². The maximum absolute atomic E-state index is 13.0. The SMILES string of the molecule is O=C(CCCN1C(=O)c2ccccc2C1=O)Nc1ccc(Cl)c(S(=O)(=O)N2CCCCC2)c1. The molecule has 0 spiro atoms. The number of piperidine rings is 1. The van der Waals surface area contributed by atoms with E-state index in [9.17, 15) is 22.8 Å². The zero-order valence-corrected chi connectivity index (χ0v) is 19.5. The van der Waals surface area contributed by atoms with Gasteiger partial charge in [0.1, 0.15) is 4.90 Å². The molecule has 0 atom stereocenters. The normalized spacial score (nSPS) is 16.7. The van der Waals surface area contributed by atoms with E-state index in [1.807, 2.05) is 0 Å². The molecule has 0 aromatic heterocycles. The van der Waals surface area contributed by atoms with E-state index in [1.54, 1.807) is 30.3 Å². The quantitative estimate of drug-likeness (QED) is 0.599. The Morgan fingerprint density at radius 1 is 0.970 bits per heavy atom. The minimum Gasteiger partial charge on any atom is -0.326 e. The Balaban J connectivity index is 1.36. The molecule has 0 bridgehead atoms. The van der Waals surface area contributed by atoms with Gasteiger partial charge in [0.05, 0.1) is 16.1 Å². The van der Waals surface area contributed by atoms with E-state index in [-0.39, 0.29) is 47.0 Å². The fourth-order valence-corrected chi connectivity index (χ4v) is 6.10. The molecule has 1 N–H and O–H groups in total. The predicted octanol–water partition coefficient (Wildman–Crippen LogP) is 3.53. The Bertz CT molecular complexity index is 1170. The van der Waals surface area contributed by atoms with Crippen molar-refractivity contribution in [2.24, 2.45) is 0 Å². The van der Waals surface area contributed by atoms with Gasteiger partial charge < -0.3 is 5.32 Å². The molecule has 2 aromatic rings. The largest absolute Gasteiger partial charge is 0.326 e. The summed E-state index contributed by atoms with van der Waals surface area (Å²) in [5.41, 5.74) is 1.06. The van der Waals surface area contributed by atoms with Crippen molar-refractivity contribution in [3.8, 4) is 0 Å². The minimum absolute atomic E-state index is 0.0325. The number of benzene rings is 2. The van der Waals surface area contributed by atoms with Crippen LogP contribution in [0.4, 0.5) is 5.69 Å². The lowest BCUT2D eigenvalue weighted by molar-refractivity contribution is -0.116. The van der Waals surface area contributed by atoms with Gasteiger partial charge in [0.25, 0.3) is 11.8 Å². The third kappa shape index (κ3) is 4.80. The zero-order valence-electron chi connectivity index (χ0n) is 17.9. The molecule has 1 saturated heterocycles. The lowest BCUT2D eigenvalue weighted by Gasteiger charge is -2.26. The number of fused-ring (bicyclic) bond motifs is 1. The van der Waals surface area contributed by atoms with Crippen LogP contribution in [0.1, 0.15) is 52.8 Å². The first kappa shape index (κ1) is 23.4. The third-order valence-corrected chi connectivity index (χ3v) is 8.19. The number of sulfonamides is 1. The molecule has 8 nitrogen and oxygen atoms in total. The monoisotopic (exact) mass is 489 g/mol. The van der Waals surface area contributed by atoms with Crippen molar-refractivity contribution >= 4 is 45.0 Å². The summed E-state index contributed by atoms with van der Waals surface area (Å²) in [5, 5.41) is 2.78. The molecule has 1 fully saturated rings. The van der Waals surface area contributed by atoms with Gasteiger partial charge in [-0.3, -0.25) is 19.3 Å². The van der Waals surface area contributed by atoms with Crippen molar-refractivity contribution in [3.05, 3.63) is 58.6 Å². The lowest BCUT2D eigenvalue weighted by atomic mass is 10.1. The highest BCUT2D eigenvalue weighted by atomic mass is 35.5. The van der Waals surface area contributed by atoms with Crippen molar-refractivity contribution in [1.29, 1.82) is 0 Å². The molecular formula is C23H24ClN3O5S. The van der Waals surface area contributed by atoms with Crippen LogP contribution < -0.4 is 5.32 Å². The van der Waals surface area contributed by atoms with Crippen LogP contribution in [0.15, 0.2) is 47.4 Å². The summed E-state index contributed by atoms with van der Waals surface area (Å²) < 4.78 is 27.4. The van der Waals surface area contributed by atoms with E-state index in [4.69, 9.17) is 11.6 Å². The molecule has 10 heteroatoms. The molecule has 2 heterocycles. The first-order valence-corrected chi connectivity index (χ1v) is 12.7. The molecule has 0 aliphatic carbocycles. The second-order valence-corrected chi connectivity index (χ2v) is 10.4. The summed E-state index contributed by atoms with van der Waals surface area (Å²) in [6.45, 7) is 1.02. The molecule has 0 radical (unpaired) electrons. The number of rotatable bonds is 7. The molecule has 2 aliphatic heterocycles. The van der Waals surface area contributed by atoms with Crippen molar-refractivity contribution in [1.82, 2.24) is 9.21 Å². The van der Waals surface area contributed by atoms with Gasteiger partial charge in [-0.1, -0.05) is 30.2 Å². The van der Waals surface area contributed by atoms with Crippen LogP contribution in [-0.2, 0) is 14.8 Å². The van der Waals surface area contributed by atoms with E-state index in [2.05, 4.69) is 5.32 Å². The molecule has 0 unspecified atom stereocenters. The number of nitrogens with one attached hydrogen (secondary N) is 1. The number of imide groups is 1.